The van der Waals surface area contributed by atoms with E-state index in [0.717, 1.165) is 33.7 Å². The minimum absolute atomic E-state index is 0.0245. The van der Waals surface area contributed by atoms with Crippen molar-refractivity contribution in [1.82, 2.24) is 5.32 Å². The van der Waals surface area contributed by atoms with Gasteiger partial charge in [-0.25, -0.2) is 0 Å². The number of amides is 2. The van der Waals surface area contributed by atoms with E-state index in [9.17, 15) is 9.59 Å². The summed E-state index contributed by atoms with van der Waals surface area (Å²) in [7, 11) is 3.18. The van der Waals surface area contributed by atoms with E-state index < -0.39 is 0 Å². The van der Waals surface area contributed by atoms with E-state index in [1.165, 1.54) is 0 Å². The lowest BCUT2D eigenvalue weighted by Gasteiger charge is -2.14. The van der Waals surface area contributed by atoms with Gasteiger partial charge in [-0.1, -0.05) is 40.2 Å². The van der Waals surface area contributed by atoms with Crippen molar-refractivity contribution in [3.63, 3.8) is 0 Å². The van der Waals surface area contributed by atoms with Crippen LogP contribution in [0, 0.1) is 5.92 Å². The van der Waals surface area contributed by atoms with Crippen LogP contribution in [-0.4, -0.2) is 32.6 Å². The fraction of sp³-hybridized carbons (Fsp3) is 0.280. The first-order chi connectivity index (χ1) is 15.5. The zero-order chi connectivity index (χ0) is 22.7. The molecule has 7 heteroatoms. The van der Waals surface area contributed by atoms with Crippen molar-refractivity contribution in [2.45, 2.75) is 19.3 Å². The number of benzene rings is 3. The summed E-state index contributed by atoms with van der Waals surface area (Å²) in [4.78, 5) is 25.4. The SMILES string of the molecule is COc1cc(Br)c(CCNC(=O)c2cc3ccccc3cc2NC(=O)C2CC2)cc1OC. The number of halogens is 1. The number of hydrogen-bond donors (Lipinski definition) is 2. The summed E-state index contributed by atoms with van der Waals surface area (Å²) in [5.74, 6) is 1.08. The number of anilines is 1. The van der Waals surface area contributed by atoms with Crippen molar-refractivity contribution in [3.05, 3.63) is 64.1 Å². The highest BCUT2D eigenvalue weighted by atomic mass is 79.9. The van der Waals surface area contributed by atoms with E-state index in [0.29, 0.717) is 35.7 Å². The second-order valence-corrected chi connectivity index (χ2v) is 8.67. The quantitative estimate of drug-likeness (QED) is 0.462. The number of rotatable bonds is 8. The van der Waals surface area contributed by atoms with E-state index in [4.69, 9.17) is 9.47 Å². The van der Waals surface area contributed by atoms with Crippen LogP contribution in [0.15, 0.2) is 53.0 Å². The van der Waals surface area contributed by atoms with Gasteiger partial charge in [0.25, 0.3) is 5.91 Å². The maximum Gasteiger partial charge on any atom is 0.253 e. The van der Waals surface area contributed by atoms with E-state index in [-0.39, 0.29) is 17.7 Å². The molecule has 0 aromatic heterocycles. The first-order valence-corrected chi connectivity index (χ1v) is 11.3. The lowest BCUT2D eigenvalue weighted by molar-refractivity contribution is -0.117. The van der Waals surface area contributed by atoms with Crippen molar-refractivity contribution in [2.75, 3.05) is 26.1 Å². The largest absolute Gasteiger partial charge is 0.493 e. The molecule has 0 atom stereocenters. The minimum atomic E-state index is -0.224. The molecule has 0 unspecified atom stereocenters. The molecule has 0 saturated heterocycles. The van der Waals surface area contributed by atoms with Crippen molar-refractivity contribution in [1.29, 1.82) is 0 Å². The standard InChI is InChI=1S/C25H25BrN2O4/c1-31-22-13-18(20(26)14-23(22)32-2)9-10-27-25(30)19-11-16-5-3-4-6-17(16)12-21(19)28-24(29)15-7-8-15/h3-6,11-15H,7-10H2,1-2H3,(H,27,30)(H,28,29). The first kappa shape index (κ1) is 22.1. The fourth-order valence-electron chi connectivity index (χ4n) is 3.61. The van der Waals surface area contributed by atoms with Crippen molar-refractivity contribution < 1.29 is 19.1 Å². The summed E-state index contributed by atoms with van der Waals surface area (Å²) in [6.07, 6.45) is 2.41. The predicted molar refractivity (Wildman–Crippen MR) is 129 cm³/mol. The van der Waals surface area contributed by atoms with Gasteiger partial charge in [0.05, 0.1) is 25.5 Å². The van der Waals surface area contributed by atoms with Crippen LogP contribution in [0.1, 0.15) is 28.8 Å². The highest BCUT2D eigenvalue weighted by Crippen LogP contribution is 2.34. The zero-order valence-corrected chi connectivity index (χ0v) is 19.6. The highest BCUT2D eigenvalue weighted by molar-refractivity contribution is 9.10. The second kappa shape index (κ2) is 9.61. The van der Waals surface area contributed by atoms with Crippen molar-refractivity contribution in [3.8, 4) is 11.5 Å². The molecule has 0 heterocycles. The van der Waals surface area contributed by atoms with Gasteiger partial charge in [0.15, 0.2) is 11.5 Å². The first-order valence-electron chi connectivity index (χ1n) is 10.5. The number of carbonyl (C=O) groups is 2. The molecule has 166 valence electrons. The highest BCUT2D eigenvalue weighted by Gasteiger charge is 2.30. The molecule has 1 aliphatic carbocycles. The van der Waals surface area contributed by atoms with Crippen LogP contribution in [0.2, 0.25) is 0 Å². The Labute approximate surface area is 195 Å². The Bertz CT molecular complexity index is 1170. The van der Waals surface area contributed by atoms with E-state index >= 15 is 0 Å². The van der Waals surface area contributed by atoms with Gasteiger partial charge in [-0.15, -0.1) is 0 Å². The van der Waals surface area contributed by atoms with Gasteiger partial charge in [0, 0.05) is 16.9 Å². The molecule has 3 aromatic rings. The maximum absolute atomic E-state index is 13.1. The van der Waals surface area contributed by atoms with Crippen LogP contribution in [0.5, 0.6) is 11.5 Å². The third-order valence-corrected chi connectivity index (χ3v) is 6.31. The Hall–Kier alpha value is -3.06. The molecule has 1 fully saturated rings. The average Bonchev–Trinajstić information content (AvgIpc) is 3.65. The Morgan fingerprint density at radius 2 is 1.66 bits per heavy atom. The molecule has 0 spiro atoms. The van der Waals surface area contributed by atoms with Gasteiger partial charge >= 0.3 is 0 Å². The van der Waals surface area contributed by atoms with Crippen LogP contribution in [0.3, 0.4) is 0 Å². The third-order valence-electron chi connectivity index (χ3n) is 5.57. The number of fused-ring (bicyclic) bond motifs is 1. The summed E-state index contributed by atoms with van der Waals surface area (Å²) in [5.41, 5.74) is 2.00. The Kier molecular flexibility index (Phi) is 6.65. The summed E-state index contributed by atoms with van der Waals surface area (Å²) in [5, 5.41) is 7.86. The van der Waals surface area contributed by atoms with Gasteiger partial charge in [0.1, 0.15) is 0 Å². The summed E-state index contributed by atoms with van der Waals surface area (Å²) >= 11 is 3.55. The summed E-state index contributed by atoms with van der Waals surface area (Å²) in [6, 6.07) is 15.3. The average molecular weight is 497 g/mol. The second-order valence-electron chi connectivity index (χ2n) is 7.81. The molecule has 1 aliphatic rings. The molecule has 0 aliphatic heterocycles. The molecule has 0 radical (unpaired) electrons. The Morgan fingerprint density at radius 3 is 2.31 bits per heavy atom. The van der Waals surface area contributed by atoms with Crippen molar-refractivity contribution >= 4 is 44.2 Å². The summed E-state index contributed by atoms with van der Waals surface area (Å²) in [6.45, 7) is 0.426. The maximum atomic E-state index is 13.1. The van der Waals surface area contributed by atoms with Gasteiger partial charge in [0.2, 0.25) is 5.91 Å². The molecular formula is C25H25BrN2O4. The van der Waals surface area contributed by atoms with Crippen LogP contribution in [-0.2, 0) is 11.2 Å². The molecule has 2 N–H and O–H groups in total. The predicted octanol–water partition coefficient (Wildman–Crippen LogP) is 4.94. The Morgan fingerprint density at radius 1 is 1.00 bits per heavy atom. The molecule has 4 rings (SSSR count). The normalized spacial score (nSPS) is 13.0. The molecule has 1 saturated carbocycles. The van der Waals surface area contributed by atoms with Gasteiger partial charge in [-0.2, -0.15) is 0 Å². The molecule has 0 bridgehead atoms. The molecular weight excluding hydrogens is 472 g/mol. The van der Waals surface area contributed by atoms with Crippen molar-refractivity contribution in [2.24, 2.45) is 5.92 Å². The fourth-order valence-corrected chi connectivity index (χ4v) is 4.13. The van der Waals surface area contributed by atoms with Gasteiger partial charge < -0.3 is 20.1 Å². The topological polar surface area (TPSA) is 76.7 Å². The van der Waals surface area contributed by atoms with Crippen LogP contribution >= 0.6 is 15.9 Å². The minimum Gasteiger partial charge on any atom is -0.493 e. The number of nitrogens with one attached hydrogen (secondary N) is 2. The monoisotopic (exact) mass is 496 g/mol. The van der Waals surface area contributed by atoms with Crippen LogP contribution in [0.25, 0.3) is 10.8 Å². The van der Waals surface area contributed by atoms with E-state index in [2.05, 4.69) is 26.6 Å². The summed E-state index contributed by atoms with van der Waals surface area (Å²) < 4.78 is 11.6. The number of hydrogen-bond acceptors (Lipinski definition) is 4. The molecule has 2 amide bonds. The smallest absolute Gasteiger partial charge is 0.253 e. The lowest BCUT2D eigenvalue weighted by Crippen LogP contribution is -2.27. The Balaban J connectivity index is 1.51. The molecule has 6 nitrogen and oxygen atoms in total. The molecule has 32 heavy (non-hydrogen) atoms. The van der Waals surface area contributed by atoms with E-state index in [1.807, 2.05) is 48.5 Å². The van der Waals surface area contributed by atoms with Gasteiger partial charge in [-0.05, 0) is 59.9 Å². The number of methoxy groups -OCH3 is 2. The third kappa shape index (κ3) is 4.88. The van der Waals surface area contributed by atoms with Gasteiger partial charge in [-0.3, -0.25) is 9.59 Å². The number of ether oxygens (including phenoxy) is 2. The van der Waals surface area contributed by atoms with E-state index in [1.54, 1.807) is 14.2 Å². The lowest BCUT2D eigenvalue weighted by atomic mass is 10.0. The van der Waals surface area contributed by atoms with Crippen LogP contribution in [0.4, 0.5) is 5.69 Å². The number of carbonyl (C=O) groups excluding carboxylic acids is 2. The van der Waals surface area contributed by atoms with Crippen LogP contribution < -0.4 is 20.1 Å². The zero-order valence-electron chi connectivity index (χ0n) is 18.0. The molecule has 3 aromatic carbocycles.